The quantitative estimate of drug-likeness (QED) is 0.444. The lowest BCUT2D eigenvalue weighted by atomic mass is 10.2. The molecule has 6 nitrogen and oxygen atoms in total. The van der Waals surface area contributed by atoms with E-state index in [1.807, 2.05) is 0 Å². The Labute approximate surface area is 139 Å². The molecule has 0 bridgehead atoms. The van der Waals surface area contributed by atoms with Crippen LogP contribution in [-0.2, 0) is 11.3 Å². The van der Waals surface area contributed by atoms with Crippen molar-refractivity contribution in [2.75, 3.05) is 7.11 Å². The molecule has 0 unspecified atom stereocenters. The molecule has 0 heterocycles. The minimum Gasteiger partial charge on any atom is -0.482 e. The first-order valence-corrected chi connectivity index (χ1v) is 7.15. The molecule has 0 aliphatic rings. The summed E-state index contributed by atoms with van der Waals surface area (Å²) >= 11 is 3.13. The molecule has 0 N–H and O–H groups in total. The lowest BCUT2D eigenvalue weighted by Gasteiger charge is -2.09. The lowest BCUT2D eigenvalue weighted by molar-refractivity contribution is -0.385. The Morgan fingerprint density at radius 1 is 1.30 bits per heavy atom. The maximum Gasteiger partial charge on any atom is 0.337 e. The van der Waals surface area contributed by atoms with E-state index in [-0.39, 0.29) is 29.2 Å². The number of carbonyl (C=O) groups excluding carboxylic acids is 1. The van der Waals surface area contributed by atoms with Crippen molar-refractivity contribution in [3.8, 4) is 5.75 Å². The summed E-state index contributed by atoms with van der Waals surface area (Å²) in [4.78, 5) is 21.9. The van der Waals surface area contributed by atoms with E-state index in [0.717, 1.165) is 6.07 Å². The van der Waals surface area contributed by atoms with Crippen LogP contribution in [0.25, 0.3) is 0 Å². The van der Waals surface area contributed by atoms with E-state index >= 15 is 0 Å². The molecule has 8 heteroatoms. The zero-order chi connectivity index (χ0) is 17.0. The number of rotatable bonds is 5. The molecule has 23 heavy (non-hydrogen) atoms. The number of methoxy groups -OCH3 is 1. The van der Waals surface area contributed by atoms with Crippen LogP contribution >= 0.6 is 15.9 Å². The highest BCUT2D eigenvalue weighted by Crippen LogP contribution is 2.29. The smallest absolute Gasteiger partial charge is 0.337 e. The summed E-state index contributed by atoms with van der Waals surface area (Å²) < 4.78 is 24.2. The molecule has 2 aromatic rings. The maximum absolute atomic E-state index is 13.8. The molecule has 0 fully saturated rings. The normalized spacial score (nSPS) is 10.2. The molecule has 2 aromatic carbocycles. The fraction of sp³-hybridized carbons (Fsp3) is 0.133. The van der Waals surface area contributed by atoms with E-state index in [0.29, 0.717) is 4.47 Å². The van der Waals surface area contributed by atoms with E-state index < -0.39 is 16.7 Å². The van der Waals surface area contributed by atoms with Crippen LogP contribution in [0, 0.1) is 15.9 Å². The summed E-state index contributed by atoms with van der Waals surface area (Å²) in [6.07, 6.45) is 0. The second kappa shape index (κ2) is 7.19. The number of hydrogen-bond acceptors (Lipinski definition) is 5. The highest BCUT2D eigenvalue weighted by Gasteiger charge is 2.19. The summed E-state index contributed by atoms with van der Waals surface area (Å²) in [7, 11) is 1.20. The molecule has 0 aliphatic heterocycles. The van der Waals surface area contributed by atoms with Crippen molar-refractivity contribution in [1.82, 2.24) is 0 Å². The van der Waals surface area contributed by atoms with Gasteiger partial charge in [-0.3, -0.25) is 10.1 Å². The van der Waals surface area contributed by atoms with Gasteiger partial charge in [-0.1, -0.05) is 22.0 Å². The fourth-order valence-corrected chi connectivity index (χ4v) is 2.15. The average Bonchev–Trinajstić information content (AvgIpc) is 2.52. The minimum absolute atomic E-state index is 0.101. The van der Waals surface area contributed by atoms with Gasteiger partial charge in [0.2, 0.25) is 0 Å². The summed E-state index contributed by atoms with van der Waals surface area (Å²) in [6.45, 7) is -0.218. The highest BCUT2D eigenvalue weighted by molar-refractivity contribution is 9.10. The maximum atomic E-state index is 13.8. The highest BCUT2D eigenvalue weighted by atomic mass is 79.9. The number of nitrogens with zero attached hydrogens (tertiary/aromatic N) is 1. The van der Waals surface area contributed by atoms with Crippen molar-refractivity contribution in [3.05, 3.63) is 67.9 Å². The number of carbonyl (C=O) groups is 1. The average molecular weight is 384 g/mol. The Morgan fingerprint density at radius 2 is 2.04 bits per heavy atom. The number of halogens is 2. The number of esters is 1. The van der Waals surface area contributed by atoms with Crippen molar-refractivity contribution < 1.29 is 23.6 Å². The third kappa shape index (κ3) is 4.04. The Kier molecular flexibility index (Phi) is 5.28. The van der Waals surface area contributed by atoms with Crippen molar-refractivity contribution in [3.63, 3.8) is 0 Å². The summed E-state index contributed by atoms with van der Waals surface area (Å²) in [6, 6.07) is 7.98. The Morgan fingerprint density at radius 3 is 2.65 bits per heavy atom. The number of ether oxygens (including phenoxy) is 2. The van der Waals surface area contributed by atoms with Crippen LogP contribution in [0.2, 0.25) is 0 Å². The minimum atomic E-state index is -0.653. The zero-order valence-electron chi connectivity index (χ0n) is 11.9. The van der Waals surface area contributed by atoms with Gasteiger partial charge in [0.05, 0.1) is 17.6 Å². The molecule has 0 saturated carbocycles. The van der Waals surface area contributed by atoms with Gasteiger partial charge in [-0.05, 0) is 18.2 Å². The fourth-order valence-electron chi connectivity index (χ4n) is 1.82. The van der Waals surface area contributed by atoms with Gasteiger partial charge in [0, 0.05) is 22.2 Å². The topological polar surface area (TPSA) is 78.7 Å². The van der Waals surface area contributed by atoms with Gasteiger partial charge >= 0.3 is 11.7 Å². The van der Waals surface area contributed by atoms with Gasteiger partial charge in [-0.25, -0.2) is 9.18 Å². The van der Waals surface area contributed by atoms with Gasteiger partial charge < -0.3 is 9.47 Å². The van der Waals surface area contributed by atoms with E-state index in [4.69, 9.17) is 4.74 Å². The Hall–Kier alpha value is -2.48. The zero-order valence-corrected chi connectivity index (χ0v) is 13.5. The predicted octanol–water partition coefficient (Wildman–Crippen LogP) is 3.86. The number of nitro groups is 1. The van der Waals surface area contributed by atoms with Crippen molar-refractivity contribution in [2.45, 2.75) is 6.61 Å². The molecule has 0 aromatic heterocycles. The van der Waals surface area contributed by atoms with Crippen molar-refractivity contribution in [1.29, 1.82) is 0 Å². The molecule has 2 rings (SSSR count). The van der Waals surface area contributed by atoms with E-state index in [2.05, 4.69) is 20.7 Å². The van der Waals surface area contributed by atoms with Gasteiger partial charge in [0.1, 0.15) is 12.4 Å². The molecular weight excluding hydrogens is 373 g/mol. The molecule has 0 spiro atoms. The van der Waals surface area contributed by atoms with Gasteiger partial charge in [-0.2, -0.15) is 0 Å². The first-order valence-electron chi connectivity index (χ1n) is 6.36. The molecular formula is C15H11BrFNO5. The summed E-state index contributed by atoms with van der Waals surface area (Å²) in [5.41, 5.74) is 0.00511. The third-order valence-electron chi connectivity index (χ3n) is 2.98. The Bertz CT molecular complexity index is 766. The van der Waals surface area contributed by atoms with E-state index in [1.165, 1.54) is 31.4 Å². The molecule has 0 amide bonds. The first-order chi connectivity index (χ1) is 10.9. The van der Waals surface area contributed by atoms with E-state index in [9.17, 15) is 19.3 Å². The predicted molar refractivity (Wildman–Crippen MR) is 82.9 cm³/mol. The third-order valence-corrected chi connectivity index (χ3v) is 3.47. The Balaban J connectivity index is 2.29. The first kappa shape index (κ1) is 16.9. The lowest BCUT2D eigenvalue weighted by Crippen LogP contribution is -2.05. The SMILES string of the molecule is COC(=O)c1ccc([N+](=O)[O-])c(OCc2ccc(Br)cc2F)c1. The monoisotopic (exact) mass is 383 g/mol. The molecule has 120 valence electrons. The van der Waals surface area contributed by atoms with Crippen LogP contribution in [0.4, 0.5) is 10.1 Å². The van der Waals surface area contributed by atoms with Crippen LogP contribution in [0.5, 0.6) is 5.75 Å². The summed E-state index contributed by atoms with van der Waals surface area (Å²) in [5, 5.41) is 11.0. The van der Waals surface area contributed by atoms with E-state index in [1.54, 1.807) is 6.07 Å². The van der Waals surface area contributed by atoms with Gasteiger partial charge in [0.25, 0.3) is 0 Å². The second-order valence-electron chi connectivity index (χ2n) is 4.46. The van der Waals surface area contributed by atoms with Crippen LogP contribution in [-0.4, -0.2) is 18.0 Å². The van der Waals surface area contributed by atoms with Gasteiger partial charge in [-0.15, -0.1) is 0 Å². The molecule has 0 aliphatic carbocycles. The van der Waals surface area contributed by atoms with Crippen molar-refractivity contribution in [2.24, 2.45) is 0 Å². The van der Waals surface area contributed by atoms with Crippen molar-refractivity contribution >= 4 is 27.6 Å². The largest absolute Gasteiger partial charge is 0.482 e. The molecule has 0 saturated heterocycles. The number of benzene rings is 2. The van der Waals surface area contributed by atoms with Crippen LogP contribution in [0.15, 0.2) is 40.9 Å². The van der Waals surface area contributed by atoms with Gasteiger partial charge in [0.15, 0.2) is 5.75 Å². The number of hydrogen-bond donors (Lipinski definition) is 0. The summed E-state index contributed by atoms with van der Waals surface area (Å²) in [5.74, 6) is -1.30. The van der Waals surface area contributed by atoms with Crippen LogP contribution < -0.4 is 4.74 Å². The van der Waals surface area contributed by atoms with Crippen LogP contribution in [0.3, 0.4) is 0 Å². The van der Waals surface area contributed by atoms with Crippen LogP contribution in [0.1, 0.15) is 15.9 Å². The molecule has 0 radical (unpaired) electrons. The standard InChI is InChI=1S/C15H11BrFNO5/c1-22-15(19)9-3-5-13(18(20)21)14(6-9)23-8-10-2-4-11(16)7-12(10)17/h2-7H,8H2,1H3. The second-order valence-corrected chi connectivity index (χ2v) is 5.37. The number of nitro benzene ring substituents is 1. The molecule has 0 atom stereocenters.